The molecule has 2 N–H and O–H groups in total. The minimum atomic E-state index is -0.172. The molecule has 0 aliphatic carbocycles. The number of amides is 2. The summed E-state index contributed by atoms with van der Waals surface area (Å²) in [5, 5.41) is 14.3. The van der Waals surface area contributed by atoms with Crippen LogP contribution in [0.25, 0.3) is 10.8 Å². The van der Waals surface area contributed by atoms with Gasteiger partial charge < -0.3 is 15.3 Å². The Morgan fingerprint density at radius 1 is 1.23 bits per heavy atom. The summed E-state index contributed by atoms with van der Waals surface area (Å²) in [6.45, 7) is 4.88. The van der Waals surface area contributed by atoms with Crippen molar-refractivity contribution in [1.82, 2.24) is 10.2 Å². The zero-order chi connectivity index (χ0) is 15.8. The second-order valence-corrected chi connectivity index (χ2v) is 5.12. The van der Waals surface area contributed by atoms with E-state index in [4.69, 9.17) is 5.11 Å². The van der Waals surface area contributed by atoms with Crippen molar-refractivity contribution in [1.29, 1.82) is 0 Å². The standard InChI is InChI=1S/C18H22N2O2/c1-2-11-20(12-13-21)18(22)19-10-9-15-7-8-16-5-3-4-6-17(16)14-15/h2-8,14,21H,1,9-13H2,(H,19,22). The first kappa shape index (κ1) is 16.0. The summed E-state index contributed by atoms with van der Waals surface area (Å²) in [5.74, 6) is 0. The average Bonchev–Trinajstić information content (AvgIpc) is 2.54. The molecule has 2 aromatic rings. The van der Waals surface area contributed by atoms with Crippen molar-refractivity contribution in [2.24, 2.45) is 0 Å². The Labute approximate surface area is 131 Å². The summed E-state index contributed by atoms with van der Waals surface area (Å²) in [6, 6.07) is 14.4. The number of nitrogens with one attached hydrogen (secondary N) is 1. The van der Waals surface area contributed by atoms with Gasteiger partial charge in [-0.05, 0) is 22.8 Å². The molecule has 0 atom stereocenters. The molecule has 0 saturated carbocycles. The maximum absolute atomic E-state index is 12.0. The predicted molar refractivity (Wildman–Crippen MR) is 89.9 cm³/mol. The number of hydrogen-bond donors (Lipinski definition) is 2. The smallest absolute Gasteiger partial charge is 0.317 e. The van der Waals surface area contributed by atoms with E-state index in [2.05, 4.69) is 42.2 Å². The minimum absolute atomic E-state index is 0.0497. The maximum atomic E-state index is 12.0. The molecule has 0 unspecified atom stereocenters. The highest BCUT2D eigenvalue weighted by Crippen LogP contribution is 2.15. The van der Waals surface area contributed by atoms with Gasteiger partial charge in [-0.25, -0.2) is 4.79 Å². The van der Waals surface area contributed by atoms with E-state index in [-0.39, 0.29) is 12.6 Å². The van der Waals surface area contributed by atoms with Crippen LogP contribution in [0.2, 0.25) is 0 Å². The number of urea groups is 1. The Morgan fingerprint density at radius 2 is 2.00 bits per heavy atom. The first-order chi connectivity index (χ1) is 10.7. The zero-order valence-corrected chi connectivity index (χ0v) is 12.7. The summed E-state index contributed by atoms with van der Waals surface area (Å²) in [7, 11) is 0. The Hall–Kier alpha value is -2.33. The van der Waals surface area contributed by atoms with Crippen LogP contribution in [0.1, 0.15) is 5.56 Å². The van der Waals surface area contributed by atoms with Crippen LogP contribution in [-0.2, 0) is 6.42 Å². The molecule has 0 spiro atoms. The van der Waals surface area contributed by atoms with E-state index < -0.39 is 0 Å². The molecule has 4 nitrogen and oxygen atoms in total. The Bertz CT molecular complexity index is 640. The van der Waals surface area contributed by atoms with Crippen molar-refractivity contribution in [3.8, 4) is 0 Å². The van der Waals surface area contributed by atoms with E-state index >= 15 is 0 Å². The summed E-state index contributed by atoms with van der Waals surface area (Å²) in [4.78, 5) is 13.5. The Kier molecular flexibility index (Phi) is 5.98. The fourth-order valence-electron chi connectivity index (χ4n) is 2.37. The SMILES string of the molecule is C=CCN(CCO)C(=O)NCCc1ccc2ccccc2c1. The number of hydrogen-bond acceptors (Lipinski definition) is 2. The van der Waals surface area contributed by atoms with Gasteiger partial charge in [-0.1, -0.05) is 48.5 Å². The van der Waals surface area contributed by atoms with Gasteiger partial charge in [0.25, 0.3) is 0 Å². The van der Waals surface area contributed by atoms with Crippen molar-refractivity contribution in [2.75, 3.05) is 26.2 Å². The highest BCUT2D eigenvalue weighted by Gasteiger charge is 2.10. The number of aliphatic hydroxyl groups excluding tert-OH is 1. The van der Waals surface area contributed by atoms with Gasteiger partial charge >= 0.3 is 6.03 Å². The first-order valence-electron chi connectivity index (χ1n) is 7.47. The molecule has 0 aliphatic rings. The molecule has 0 saturated heterocycles. The lowest BCUT2D eigenvalue weighted by Crippen LogP contribution is -2.42. The summed E-state index contributed by atoms with van der Waals surface area (Å²) in [5.41, 5.74) is 1.19. The molecular formula is C18H22N2O2. The van der Waals surface area contributed by atoms with Gasteiger partial charge in [0, 0.05) is 19.6 Å². The molecule has 0 heterocycles. The van der Waals surface area contributed by atoms with Crippen LogP contribution in [0, 0.1) is 0 Å². The average molecular weight is 298 g/mol. The molecular weight excluding hydrogens is 276 g/mol. The van der Waals surface area contributed by atoms with Crippen LogP contribution >= 0.6 is 0 Å². The predicted octanol–water partition coefficient (Wildman–Crippen LogP) is 2.57. The highest BCUT2D eigenvalue weighted by molar-refractivity contribution is 5.83. The van der Waals surface area contributed by atoms with Crippen LogP contribution < -0.4 is 5.32 Å². The number of carbonyl (C=O) groups excluding carboxylic acids is 1. The normalized spacial score (nSPS) is 10.4. The lowest BCUT2D eigenvalue weighted by molar-refractivity contribution is 0.184. The first-order valence-corrected chi connectivity index (χ1v) is 7.47. The van der Waals surface area contributed by atoms with Gasteiger partial charge in [0.15, 0.2) is 0 Å². The fourth-order valence-corrected chi connectivity index (χ4v) is 2.37. The van der Waals surface area contributed by atoms with Crippen LogP contribution in [0.15, 0.2) is 55.1 Å². The van der Waals surface area contributed by atoms with E-state index in [0.717, 1.165) is 6.42 Å². The number of fused-ring (bicyclic) bond motifs is 1. The second-order valence-electron chi connectivity index (χ2n) is 5.12. The highest BCUT2D eigenvalue weighted by atomic mass is 16.3. The van der Waals surface area contributed by atoms with E-state index in [9.17, 15) is 4.79 Å². The van der Waals surface area contributed by atoms with E-state index in [1.165, 1.54) is 21.2 Å². The van der Waals surface area contributed by atoms with Crippen LogP contribution in [0.4, 0.5) is 4.79 Å². The lowest BCUT2D eigenvalue weighted by atomic mass is 10.1. The third-order valence-corrected chi connectivity index (χ3v) is 3.51. The zero-order valence-electron chi connectivity index (χ0n) is 12.7. The molecule has 0 aromatic heterocycles. The van der Waals surface area contributed by atoms with Gasteiger partial charge in [0.05, 0.1) is 6.61 Å². The van der Waals surface area contributed by atoms with Gasteiger partial charge in [0.1, 0.15) is 0 Å². The van der Waals surface area contributed by atoms with Gasteiger partial charge in [0.2, 0.25) is 0 Å². The fraction of sp³-hybridized carbons (Fsp3) is 0.278. The molecule has 116 valence electrons. The molecule has 2 aromatic carbocycles. The maximum Gasteiger partial charge on any atom is 0.317 e. The number of nitrogens with zero attached hydrogens (tertiary/aromatic N) is 1. The van der Waals surface area contributed by atoms with E-state index in [0.29, 0.717) is 19.6 Å². The molecule has 22 heavy (non-hydrogen) atoms. The molecule has 0 aliphatic heterocycles. The number of aliphatic hydroxyl groups is 1. The monoisotopic (exact) mass is 298 g/mol. The molecule has 0 bridgehead atoms. The van der Waals surface area contributed by atoms with E-state index in [1.807, 2.05) is 12.1 Å². The number of rotatable bonds is 7. The summed E-state index contributed by atoms with van der Waals surface area (Å²) in [6.07, 6.45) is 2.43. The van der Waals surface area contributed by atoms with Gasteiger partial charge in [-0.15, -0.1) is 6.58 Å². The molecule has 4 heteroatoms. The topological polar surface area (TPSA) is 52.6 Å². The van der Waals surface area contributed by atoms with Gasteiger partial charge in [-0.2, -0.15) is 0 Å². The second kappa shape index (κ2) is 8.20. The number of carbonyl (C=O) groups is 1. The van der Waals surface area contributed by atoms with Gasteiger partial charge in [-0.3, -0.25) is 0 Å². The van der Waals surface area contributed by atoms with Crippen molar-refractivity contribution < 1.29 is 9.90 Å². The quantitative estimate of drug-likeness (QED) is 0.772. The lowest BCUT2D eigenvalue weighted by Gasteiger charge is -2.20. The molecule has 2 amide bonds. The summed E-state index contributed by atoms with van der Waals surface area (Å²) >= 11 is 0. The van der Waals surface area contributed by atoms with E-state index in [1.54, 1.807) is 6.08 Å². The third-order valence-electron chi connectivity index (χ3n) is 3.51. The molecule has 2 rings (SSSR count). The third kappa shape index (κ3) is 4.33. The molecule has 0 fully saturated rings. The molecule has 0 radical (unpaired) electrons. The Morgan fingerprint density at radius 3 is 2.73 bits per heavy atom. The van der Waals surface area contributed by atoms with Crippen LogP contribution in [0.3, 0.4) is 0 Å². The van der Waals surface area contributed by atoms with Crippen LogP contribution in [0.5, 0.6) is 0 Å². The van der Waals surface area contributed by atoms with Crippen molar-refractivity contribution in [3.05, 3.63) is 60.7 Å². The largest absolute Gasteiger partial charge is 0.395 e. The minimum Gasteiger partial charge on any atom is -0.395 e. The van der Waals surface area contributed by atoms with Crippen molar-refractivity contribution in [3.63, 3.8) is 0 Å². The summed E-state index contributed by atoms with van der Waals surface area (Å²) < 4.78 is 0. The Balaban J connectivity index is 1.88. The van der Waals surface area contributed by atoms with Crippen LogP contribution in [-0.4, -0.2) is 42.3 Å². The number of benzene rings is 2. The van der Waals surface area contributed by atoms with Crippen molar-refractivity contribution >= 4 is 16.8 Å². The van der Waals surface area contributed by atoms with Crippen molar-refractivity contribution in [2.45, 2.75) is 6.42 Å².